The first kappa shape index (κ1) is 9.98. The molecule has 74 valence electrons. The number of ether oxygens (including phenoxy) is 3. The molecule has 0 spiro atoms. The molecule has 0 aromatic carbocycles. The second kappa shape index (κ2) is 5.53. The Morgan fingerprint density at radius 3 is 1.92 bits per heavy atom. The van der Waals surface area contributed by atoms with Crippen molar-refractivity contribution in [2.24, 2.45) is 0 Å². The standard InChI is InChI=1S/C4H6O3.C4H6O2/c5-4-3-6-1-2-7-4;5-4-2-1-3-6-4/h1-3H2;1-3H2. The Labute approximate surface area is 76.0 Å². The van der Waals surface area contributed by atoms with Crippen LogP contribution >= 0.6 is 0 Å². The molecule has 5 heteroatoms. The van der Waals surface area contributed by atoms with Gasteiger partial charge in [-0.3, -0.25) is 4.79 Å². The van der Waals surface area contributed by atoms with E-state index in [1.807, 2.05) is 0 Å². The third-order valence-corrected chi connectivity index (χ3v) is 1.50. The van der Waals surface area contributed by atoms with E-state index in [1.165, 1.54) is 0 Å². The van der Waals surface area contributed by atoms with Gasteiger partial charge in [0.05, 0.1) is 13.2 Å². The van der Waals surface area contributed by atoms with Crippen LogP contribution in [-0.4, -0.2) is 38.4 Å². The molecule has 2 fully saturated rings. The van der Waals surface area contributed by atoms with Gasteiger partial charge in [-0.2, -0.15) is 0 Å². The fraction of sp³-hybridized carbons (Fsp3) is 0.750. The lowest BCUT2D eigenvalue weighted by Gasteiger charge is -2.09. The van der Waals surface area contributed by atoms with Gasteiger partial charge in [0.25, 0.3) is 0 Å². The highest BCUT2D eigenvalue weighted by Crippen LogP contribution is 2.01. The van der Waals surface area contributed by atoms with Crippen LogP contribution in [-0.2, 0) is 23.8 Å². The number of carbonyl (C=O) groups is 2. The quantitative estimate of drug-likeness (QED) is 0.496. The minimum atomic E-state index is -0.258. The Morgan fingerprint density at radius 1 is 0.923 bits per heavy atom. The highest BCUT2D eigenvalue weighted by molar-refractivity contribution is 5.71. The molecular formula is C8H12O5. The molecule has 0 unspecified atom stereocenters. The first-order chi connectivity index (χ1) is 6.29. The fourth-order valence-electron chi connectivity index (χ4n) is 0.886. The van der Waals surface area contributed by atoms with Gasteiger partial charge in [-0.25, -0.2) is 4.79 Å². The van der Waals surface area contributed by atoms with Crippen molar-refractivity contribution in [3.63, 3.8) is 0 Å². The van der Waals surface area contributed by atoms with Crippen molar-refractivity contribution >= 4 is 11.9 Å². The van der Waals surface area contributed by atoms with E-state index >= 15 is 0 Å². The number of carbonyl (C=O) groups excluding carboxylic acids is 2. The molecule has 0 amide bonds. The number of cyclic esters (lactones) is 2. The lowest BCUT2D eigenvalue weighted by atomic mass is 10.4. The molecule has 0 bridgehead atoms. The van der Waals surface area contributed by atoms with E-state index in [-0.39, 0.29) is 18.5 Å². The van der Waals surface area contributed by atoms with E-state index in [0.29, 0.717) is 26.2 Å². The third kappa shape index (κ3) is 4.47. The lowest BCUT2D eigenvalue weighted by Crippen LogP contribution is -2.22. The van der Waals surface area contributed by atoms with Gasteiger partial charge in [-0.05, 0) is 6.42 Å². The predicted molar refractivity (Wildman–Crippen MR) is 42.0 cm³/mol. The summed E-state index contributed by atoms with van der Waals surface area (Å²) in [5, 5.41) is 0. The third-order valence-electron chi connectivity index (χ3n) is 1.50. The highest BCUT2D eigenvalue weighted by atomic mass is 16.6. The van der Waals surface area contributed by atoms with Gasteiger partial charge in [0.1, 0.15) is 13.2 Å². The maximum absolute atomic E-state index is 10.1. The molecule has 0 radical (unpaired) electrons. The fourth-order valence-corrected chi connectivity index (χ4v) is 0.886. The van der Waals surface area contributed by atoms with Gasteiger partial charge in [-0.1, -0.05) is 0 Å². The first-order valence-electron chi connectivity index (χ1n) is 4.18. The maximum Gasteiger partial charge on any atom is 0.332 e. The largest absolute Gasteiger partial charge is 0.466 e. The van der Waals surface area contributed by atoms with Crippen LogP contribution in [0.15, 0.2) is 0 Å². The van der Waals surface area contributed by atoms with Crippen LogP contribution < -0.4 is 0 Å². The van der Waals surface area contributed by atoms with Crippen molar-refractivity contribution in [3.8, 4) is 0 Å². The van der Waals surface area contributed by atoms with Crippen LogP contribution in [0.3, 0.4) is 0 Å². The molecule has 0 atom stereocenters. The SMILES string of the molecule is O=C1CCCO1.O=C1COCCO1. The Balaban J connectivity index is 0.000000132. The van der Waals surface area contributed by atoms with E-state index in [1.54, 1.807) is 0 Å². The van der Waals surface area contributed by atoms with Crippen LogP contribution in [0.1, 0.15) is 12.8 Å². The summed E-state index contributed by atoms with van der Waals surface area (Å²) in [6.45, 7) is 1.73. The zero-order valence-corrected chi connectivity index (χ0v) is 7.28. The molecule has 5 nitrogen and oxygen atoms in total. The summed E-state index contributed by atoms with van der Waals surface area (Å²) in [6, 6.07) is 0. The molecule has 2 saturated heterocycles. The van der Waals surface area contributed by atoms with Gasteiger partial charge in [0, 0.05) is 6.42 Å². The molecule has 2 aliphatic heterocycles. The van der Waals surface area contributed by atoms with Crippen LogP contribution in [0.2, 0.25) is 0 Å². The predicted octanol–water partition coefficient (Wildman–Crippen LogP) is -0.117. The van der Waals surface area contributed by atoms with E-state index in [2.05, 4.69) is 9.47 Å². The molecule has 0 N–H and O–H groups in total. The average molecular weight is 188 g/mol. The normalized spacial score (nSPS) is 21.2. The average Bonchev–Trinajstić information content (AvgIpc) is 2.58. The summed E-state index contributed by atoms with van der Waals surface area (Å²) in [7, 11) is 0. The molecule has 2 heterocycles. The van der Waals surface area contributed by atoms with Crippen LogP contribution in [0, 0.1) is 0 Å². The summed E-state index contributed by atoms with van der Waals surface area (Å²) in [5.41, 5.74) is 0. The smallest absolute Gasteiger partial charge is 0.332 e. The molecule has 0 aromatic rings. The summed E-state index contributed by atoms with van der Waals surface area (Å²) >= 11 is 0. The number of rotatable bonds is 0. The number of hydrogen-bond donors (Lipinski definition) is 0. The van der Waals surface area contributed by atoms with E-state index < -0.39 is 0 Å². The van der Waals surface area contributed by atoms with Gasteiger partial charge in [0.2, 0.25) is 0 Å². The minimum absolute atomic E-state index is 0.0463. The van der Waals surface area contributed by atoms with E-state index in [4.69, 9.17) is 4.74 Å². The second-order valence-electron chi connectivity index (χ2n) is 2.60. The first-order valence-corrected chi connectivity index (χ1v) is 4.18. The summed E-state index contributed by atoms with van der Waals surface area (Å²) in [6.07, 6.45) is 1.54. The van der Waals surface area contributed by atoms with Gasteiger partial charge < -0.3 is 14.2 Å². The van der Waals surface area contributed by atoms with Crippen molar-refractivity contribution in [3.05, 3.63) is 0 Å². The molecule has 2 rings (SSSR count). The monoisotopic (exact) mass is 188 g/mol. The summed E-state index contributed by atoms with van der Waals surface area (Å²) in [4.78, 5) is 20.1. The molecular weight excluding hydrogens is 176 g/mol. The van der Waals surface area contributed by atoms with Crippen LogP contribution in [0.5, 0.6) is 0 Å². The van der Waals surface area contributed by atoms with Crippen molar-refractivity contribution in [1.29, 1.82) is 0 Å². The summed E-state index contributed by atoms with van der Waals surface area (Å²) < 4.78 is 13.7. The van der Waals surface area contributed by atoms with Crippen LogP contribution in [0.4, 0.5) is 0 Å². The Hall–Kier alpha value is -1.10. The maximum atomic E-state index is 10.1. The zero-order chi connectivity index (χ0) is 9.52. The second-order valence-corrected chi connectivity index (χ2v) is 2.60. The van der Waals surface area contributed by atoms with E-state index in [0.717, 1.165) is 6.42 Å². The van der Waals surface area contributed by atoms with Gasteiger partial charge >= 0.3 is 11.9 Å². The molecule has 0 saturated carbocycles. The highest BCUT2D eigenvalue weighted by Gasteiger charge is 2.08. The van der Waals surface area contributed by atoms with Crippen molar-refractivity contribution < 1.29 is 23.8 Å². The number of hydrogen-bond acceptors (Lipinski definition) is 5. The molecule has 0 aromatic heterocycles. The summed E-state index contributed by atoms with van der Waals surface area (Å²) in [5.74, 6) is -0.304. The van der Waals surface area contributed by atoms with E-state index in [9.17, 15) is 9.59 Å². The topological polar surface area (TPSA) is 61.8 Å². The molecule has 0 aliphatic carbocycles. The van der Waals surface area contributed by atoms with Crippen molar-refractivity contribution in [2.75, 3.05) is 26.4 Å². The van der Waals surface area contributed by atoms with Crippen molar-refractivity contribution in [1.82, 2.24) is 0 Å². The zero-order valence-electron chi connectivity index (χ0n) is 7.28. The Morgan fingerprint density at radius 2 is 1.69 bits per heavy atom. The lowest BCUT2D eigenvalue weighted by molar-refractivity contribution is -0.159. The Kier molecular flexibility index (Phi) is 4.25. The van der Waals surface area contributed by atoms with Crippen LogP contribution in [0.25, 0.3) is 0 Å². The van der Waals surface area contributed by atoms with Gasteiger partial charge in [0.15, 0.2) is 0 Å². The molecule has 2 aliphatic rings. The van der Waals surface area contributed by atoms with Gasteiger partial charge in [-0.15, -0.1) is 0 Å². The Bertz CT molecular complexity index is 173. The van der Waals surface area contributed by atoms with Crippen molar-refractivity contribution in [2.45, 2.75) is 12.8 Å². The minimum Gasteiger partial charge on any atom is -0.466 e. The molecule has 13 heavy (non-hydrogen) atoms. The number of esters is 2.